The molecule has 0 radical (unpaired) electrons. The van der Waals surface area contributed by atoms with E-state index < -0.39 is 27.7 Å². The van der Waals surface area contributed by atoms with Crippen molar-refractivity contribution in [3.8, 4) is 11.5 Å². The van der Waals surface area contributed by atoms with E-state index >= 15 is 0 Å². The summed E-state index contributed by atoms with van der Waals surface area (Å²) in [5, 5.41) is 0. The first-order valence-electron chi connectivity index (χ1n) is 8.07. The Morgan fingerprint density at radius 3 is 2.46 bits per heavy atom. The lowest BCUT2D eigenvalue weighted by Gasteiger charge is -2.26. The van der Waals surface area contributed by atoms with E-state index in [4.69, 9.17) is 9.47 Å². The van der Waals surface area contributed by atoms with Crippen LogP contribution in [0.5, 0.6) is 11.5 Å². The minimum absolute atomic E-state index is 0.273. The molecule has 0 amide bonds. The van der Waals surface area contributed by atoms with Crippen LogP contribution >= 0.6 is 0 Å². The number of ether oxygens (including phenoxy) is 2. The average Bonchev–Trinajstić information content (AvgIpc) is 3.13. The van der Waals surface area contributed by atoms with Gasteiger partial charge in [0.05, 0.1) is 25.2 Å². The minimum atomic E-state index is -3.99. The lowest BCUT2D eigenvalue weighted by Crippen LogP contribution is -2.31. The summed E-state index contributed by atoms with van der Waals surface area (Å²) in [7, 11) is -0.957. The molecule has 0 aromatic heterocycles. The van der Waals surface area contributed by atoms with Crippen LogP contribution in [-0.2, 0) is 10.0 Å². The van der Waals surface area contributed by atoms with Crippen molar-refractivity contribution in [3.63, 3.8) is 0 Å². The van der Waals surface area contributed by atoms with Crippen molar-refractivity contribution in [3.05, 3.63) is 53.6 Å². The van der Waals surface area contributed by atoms with Gasteiger partial charge in [0.25, 0.3) is 0 Å². The first kappa shape index (κ1) is 18.6. The standard InChI is InChI=1S/C18H19F2NO4S/c1-24-12-5-8-18(25-2)14(10-12)17-4-3-9-21(17)26(22,23)13-6-7-15(19)16(20)11-13/h5-8,10-11,17H,3-4,9H2,1-2H3. The molecule has 2 aromatic rings. The maximum Gasteiger partial charge on any atom is 0.243 e. The minimum Gasteiger partial charge on any atom is -0.497 e. The van der Waals surface area contributed by atoms with Crippen molar-refractivity contribution in [1.82, 2.24) is 4.31 Å². The Bertz CT molecular complexity index is 917. The molecule has 0 N–H and O–H groups in total. The van der Waals surface area contributed by atoms with E-state index in [2.05, 4.69) is 0 Å². The monoisotopic (exact) mass is 383 g/mol. The van der Waals surface area contributed by atoms with Crippen LogP contribution in [0.25, 0.3) is 0 Å². The van der Waals surface area contributed by atoms with Crippen LogP contribution < -0.4 is 9.47 Å². The van der Waals surface area contributed by atoms with Gasteiger partial charge in [-0.05, 0) is 49.2 Å². The van der Waals surface area contributed by atoms with E-state index in [1.54, 1.807) is 18.2 Å². The van der Waals surface area contributed by atoms with Crippen molar-refractivity contribution in [2.75, 3.05) is 20.8 Å². The van der Waals surface area contributed by atoms with Crippen molar-refractivity contribution < 1.29 is 26.7 Å². The zero-order chi connectivity index (χ0) is 18.9. The fourth-order valence-electron chi connectivity index (χ4n) is 3.21. The highest BCUT2D eigenvalue weighted by Gasteiger charge is 2.38. The van der Waals surface area contributed by atoms with Gasteiger partial charge < -0.3 is 9.47 Å². The van der Waals surface area contributed by atoms with Crippen LogP contribution in [0.1, 0.15) is 24.4 Å². The zero-order valence-corrected chi connectivity index (χ0v) is 15.2. The first-order chi connectivity index (χ1) is 12.4. The lowest BCUT2D eigenvalue weighted by atomic mass is 10.0. The highest BCUT2D eigenvalue weighted by molar-refractivity contribution is 7.89. The summed E-state index contributed by atoms with van der Waals surface area (Å²) in [6.45, 7) is 0.284. The predicted octanol–water partition coefficient (Wildman–Crippen LogP) is 3.51. The van der Waals surface area contributed by atoms with Crippen LogP contribution in [0, 0.1) is 11.6 Å². The predicted molar refractivity (Wildman–Crippen MR) is 91.8 cm³/mol. The molecule has 1 unspecified atom stereocenters. The Hall–Kier alpha value is -2.19. The molecule has 5 nitrogen and oxygen atoms in total. The number of rotatable bonds is 5. The number of sulfonamides is 1. The molecule has 1 atom stereocenters. The fourth-order valence-corrected chi connectivity index (χ4v) is 4.90. The summed E-state index contributed by atoms with van der Waals surface area (Å²) in [5.41, 5.74) is 0.676. The maximum atomic E-state index is 13.5. The second kappa shape index (κ2) is 7.20. The van der Waals surface area contributed by atoms with Gasteiger partial charge in [-0.3, -0.25) is 0 Å². The molecule has 1 fully saturated rings. The third kappa shape index (κ3) is 3.26. The Kier molecular flexibility index (Phi) is 5.15. The molecule has 2 aromatic carbocycles. The van der Waals surface area contributed by atoms with Gasteiger partial charge in [-0.1, -0.05) is 0 Å². The molecule has 0 saturated carbocycles. The quantitative estimate of drug-likeness (QED) is 0.793. The summed E-state index contributed by atoms with van der Waals surface area (Å²) in [5.74, 6) is -1.15. The van der Waals surface area contributed by atoms with E-state index in [-0.39, 0.29) is 11.4 Å². The van der Waals surface area contributed by atoms with E-state index in [1.807, 2.05) is 0 Å². The number of halogens is 2. The maximum absolute atomic E-state index is 13.5. The molecule has 0 spiro atoms. The number of nitrogens with zero attached hydrogens (tertiary/aromatic N) is 1. The summed E-state index contributed by atoms with van der Waals surface area (Å²) in [4.78, 5) is -0.273. The van der Waals surface area contributed by atoms with Crippen molar-refractivity contribution in [1.29, 1.82) is 0 Å². The van der Waals surface area contributed by atoms with Crippen LogP contribution in [-0.4, -0.2) is 33.5 Å². The van der Waals surface area contributed by atoms with Crippen LogP contribution in [0.15, 0.2) is 41.3 Å². The third-order valence-electron chi connectivity index (χ3n) is 4.50. The molecule has 3 rings (SSSR count). The SMILES string of the molecule is COc1ccc(OC)c(C2CCCN2S(=O)(=O)c2ccc(F)c(F)c2)c1. The van der Waals surface area contributed by atoms with Crippen molar-refractivity contribution in [2.24, 2.45) is 0 Å². The molecular formula is C18H19F2NO4S. The van der Waals surface area contributed by atoms with E-state index in [0.717, 1.165) is 12.1 Å². The highest BCUT2D eigenvalue weighted by atomic mass is 32.2. The summed E-state index contributed by atoms with van der Waals surface area (Å²) in [6.07, 6.45) is 1.24. The van der Waals surface area contributed by atoms with Crippen molar-refractivity contribution >= 4 is 10.0 Å². The number of hydrogen-bond donors (Lipinski definition) is 0. The third-order valence-corrected chi connectivity index (χ3v) is 6.40. The normalized spacial score (nSPS) is 18.1. The van der Waals surface area contributed by atoms with Gasteiger partial charge in [0, 0.05) is 12.1 Å². The van der Waals surface area contributed by atoms with Gasteiger partial charge in [-0.2, -0.15) is 4.31 Å². The average molecular weight is 383 g/mol. The number of methoxy groups -OCH3 is 2. The zero-order valence-electron chi connectivity index (χ0n) is 14.4. The summed E-state index contributed by atoms with van der Waals surface area (Å²) in [6, 6.07) is 7.31. The Morgan fingerprint density at radius 2 is 1.81 bits per heavy atom. The van der Waals surface area contributed by atoms with Gasteiger partial charge in [0.2, 0.25) is 10.0 Å². The van der Waals surface area contributed by atoms with E-state index in [0.29, 0.717) is 36.0 Å². The summed E-state index contributed by atoms with van der Waals surface area (Å²) >= 11 is 0. The Balaban J connectivity index is 2.04. The fraction of sp³-hybridized carbons (Fsp3) is 0.333. The summed E-state index contributed by atoms with van der Waals surface area (Å²) < 4.78 is 64.6. The number of benzene rings is 2. The van der Waals surface area contributed by atoms with Gasteiger partial charge in [0.1, 0.15) is 11.5 Å². The second-order valence-electron chi connectivity index (χ2n) is 5.96. The van der Waals surface area contributed by atoms with Gasteiger partial charge in [-0.15, -0.1) is 0 Å². The molecule has 0 aliphatic carbocycles. The van der Waals surface area contributed by atoms with Crippen LogP contribution in [0.3, 0.4) is 0 Å². The molecule has 0 bridgehead atoms. The molecule has 1 aliphatic rings. The topological polar surface area (TPSA) is 55.8 Å². The lowest BCUT2D eigenvalue weighted by molar-refractivity contribution is 0.361. The Labute approximate surface area is 151 Å². The Morgan fingerprint density at radius 1 is 1.04 bits per heavy atom. The largest absolute Gasteiger partial charge is 0.497 e. The highest BCUT2D eigenvalue weighted by Crippen LogP contribution is 2.41. The van der Waals surface area contributed by atoms with Crippen LogP contribution in [0.2, 0.25) is 0 Å². The molecule has 140 valence electrons. The first-order valence-corrected chi connectivity index (χ1v) is 9.51. The second-order valence-corrected chi connectivity index (χ2v) is 7.85. The molecule has 1 aliphatic heterocycles. The van der Waals surface area contributed by atoms with E-state index in [1.165, 1.54) is 18.5 Å². The molecular weight excluding hydrogens is 364 g/mol. The molecule has 1 saturated heterocycles. The van der Waals surface area contributed by atoms with Gasteiger partial charge in [0.15, 0.2) is 11.6 Å². The molecule has 1 heterocycles. The molecule has 8 heteroatoms. The smallest absolute Gasteiger partial charge is 0.243 e. The van der Waals surface area contributed by atoms with Gasteiger partial charge in [-0.25, -0.2) is 17.2 Å². The molecule has 26 heavy (non-hydrogen) atoms. The van der Waals surface area contributed by atoms with Crippen LogP contribution in [0.4, 0.5) is 8.78 Å². The number of hydrogen-bond acceptors (Lipinski definition) is 4. The van der Waals surface area contributed by atoms with Crippen molar-refractivity contribution in [2.45, 2.75) is 23.8 Å². The van der Waals surface area contributed by atoms with E-state index in [9.17, 15) is 17.2 Å². The van der Waals surface area contributed by atoms with Gasteiger partial charge >= 0.3 is 0 Å².